The van der Waals surface area contributed by atoms with E-state index in [1.807, 2.05) is 24.3 Å². The van der Waals surface area contributed by atoms with E-state index in [0.29, 0.717) is 22.3 Å². The Morgan fingerprint density at radius 1 is 0.838 bits per heavy atom. The zero-order valence-corrected chi connectivity index (χ0v) is 21.2. The fourth-order valence-electron chi connectivity index (χ4n) is 3.89. The maximum absolute atomic E-state index is 14.9. The number of carboxylic acid groups (broad SMARTS) is 1. The Bertz CT molecular complexity index is 1420. The van der Waals surface area contributed by atoms with Crippen LogP contribution in [0.5, 0.6) is 0 Å². The molecule has 3 aromatic carbocycles. The van der Waals surface area contributed by atoms with E-state index >= 15 is 0 Å². The van der Waals surface area contributed by atoms with Crippen molar-refractivity contribution >= 4 is 40.6 Å². The average Bonchev–Trinajstić information content (AvgIpc) is 2.89. The van der Waals surface area contributed by atoms with E-state index in [1.54, 1.807) is 48.7 Å². The Morgan fingerprint density at radius 3 is 2.22 bits per heavy atom. The van der Waals surface area contributed by atoms with E-state index in [4.69, 9.17) is 28.3 Å². The van der Waals surface area contributed by atoms with Gasteiger partial charge in [0.15, 0.2) is 5.78 Å². The van der Waals surface area contributed by atoms with Crippen molar-refractivity contribution in [2.45, 2.75) is 25.8 Å². The zero-order chi connectivity index (χ0) is 26.4. The average molecular weight is 537 g/mol. The van der Waals surface area contributed by atoms with Gasteiger partial charge in [-0.05, 0) is 71.1 Å². The third-order valence-corrected chi connectivity index (χ3v) is 6.33. The molecule has 0 bridgehead atoms. The van der Waals surface area contributed by atoms with Crippen LogP contribution in [0.25, 0.3) is 22.3 Å². The molecule has 188 valence electrons. The number of carbonyl (C=O) groups excluding carboxylic acids is 1. The monoisotopic (exact) mass is 536 g/mol. The summed E-state index contributed by atoms with van der Waals surface area (Å²) in [6.07, 6.45) is 1.90. The summed E-state index contributed by atoms with van der Waals surface area (Å²) in [4.78, 5) is 27.2. The summed E-state index contributed by atoms with van der Waals surface area (Å²) >= 11 is 12.2. The summed E-state index contributed by atoms with van der Waals surface area (Å²) in [6.45, 7) is 0.333. The van der Waals surface area contributed by atoms with Crippen molar-refractivity contribution in [2.75, 3.05) is 5.32 Å². The van der Waals surface area contributed by atoms with Crippen LogP contribution in [0.1, 0.15) is 35.3 Å². The molecule has 0 saturated carbocycles. The molecular formula is C29H23Cl2FN2O3. The molecule has 1 heterocycles. The minimum Gasteiger partial charge on any atom is -0.481 e. The van der Waals surface area contributed by atoms with Crippen molar-refractivity contribution in [3.63, 3.8) is 0 Å². The highest BCUT2D eigenvalue weighted by Crippen LogP contribution is 2.29. The molecule has 37 heavy (non-hydrogen) atoms. The minimum absolute atomic E-state index is 0.0624. The predicted octanol–water partition coefficient (Wildman–Crippen LogP) is 7.91. The molecule has 0 unspecified atom stereocenters. The number of ketones is 1. The number of aliphatic carboxylic acids is 1. The molecule has 0 aliphatic rings. The van der Waals surface area contributed by atoms with Crippen molar-refractivity contribution in [3.8, 4) is 22.3 Å². The molecule has 0 fully saturated rings. The molecule has 2 N–H and O–H groups in total. The Kier molecular flexibility index (Phi) is 8.54. The van der Waals surface area contributed by atoms with Gasteiger partial charge in [-0.1, -0.05) is 53.5 Å². The van der Waals surface area contributed by atoms with Crippen LogP contribution in [0.15, 0.2) is 79.0 Å². The highest BCUT2D eigenvalue weighted by Gasteiger charge is 2.12. The number of anilines is 1. The zero-order valence-electron chi connectivity index (χ0n) is 19.7. The van der Waals surface area contributed by atoms with E-state index < -0.39 is 5.97 Å². The number of nitrogens with zero attached hydrogens (tertiary/aromatic N) is 1. The summed E-state index contributed by atoms with van der Waals surface area (Å²) < 4.78 is 14.9. The van der Waals surface area contributed by atoms with Gasteiger partial charge < -0.3 is 10.4 Å². The molecule has 8 heteroatoms. The van der Waals surface area contributed by atoms with Crippen molar-refractivity contribution in [1.29, 1.82) is 0 Å². The summed E-state index contributed by atoms with van der Waals surface area (Å²) in [5.74, 6) is -1.52. The van der Waals surface area contributed by atoms with Gasteiger partial charge in [-0.3, -0.25) is 14.6 Å². The summed E-state index contributed by atoms with van der Waals surface area (Å²) in [6, 6.07) is 21.0. The maximum Gasteiger partial charge on any atom is 0.303 e. The summed E-state index contributed by atoms with van der Waals surface area (Å²) in [7, 11) is 0. The number of rotatable bonds is 10. The molecule has 0 aliphatic heterocycles. The molecule has 0 amide bonds. The Balaban J connectivity index is 1.48. The largest absolute Gasteiger partial charge is 0.481 e. The van der Waals surface area contributed by atoms with Crippen LogP contribution in [-0.2, 0) is 11.3 Å². The molecule has 0 radical (unpaired) electrons. The van der Waals surface area contributed by atoms with Gasteiger partial charge >= 0.3 is 5.97 Å². The molecule has 0 atom stereocenters. The second-order valence-electron chi connectivity index (χ2n) is 8.46. The molecule has 1 aromatic heterocycles. The standard InChI is InChI=1S/C29H23Cl2FN2O3/c30-22-9-4-18(5-10-22)19-7-12-26(25(32)14-19)33-16-20-6-11-23(31)15-24(20)21-8-13-27(34-17-21)28(35)2-1-3-29(36)37/h4-15,17,33H,1-3,16H2,(H,36,37). The van der Waals surface area contributed by atoms with Gasteiger partial charge in [-0.2, -0.15) is 0 Å². The second kappa shape index (κ2) is 12.0. The van der Waals surface area contributed by atoms with Crippen molar-refractivity contribution < 1.29 is 19.1 Å². The molecular weight excluding hydrogens is 514 g/mol. The van der Waals surface area contributed by atoms with Gasteiger partial charge in [0.1, 0.15) is 11.5 Å². The van der Waals surface area contributed by atoms with Crippen molar-refractivity contribution in [2.24, 2.45) is 0 Å². The van der Waals surface area contributed by atoms with Crippen LogP contribution in [0.3, 0.4) is 0 Å². The number of nitrogens with one attached hydrogen (secondary N) is 1. The van der Waals surface area contributed by atoms with Gasteiger partial charge in [-0.15, -0.1) is 0 Å². The van der Waals surface area contributed by atoms with E-state index in [9.17, 15) is 14.0 Å². The van der Waals surface area contributed by atoms with Gasteiger partial charge in [0, 0.05) is 41.2 Å². The second-order valence-corrected chi connectivity index (χ2v) is 9.33. The van der Waals surface area contributed by atoms with Crippen LogP contribution in [0.4, 0.5) is 10.1 Å². The Morgan fingerprint density at radius 2 is 1.54 bits per heavy atom. The number of aromatic nitrogens is 1. The third-order valence-electron chi connectivity index (χ3n) is 5.84. The van der Waals surface area contributed by atoms with E-state index in [0.717, 1.165) is 27.8 Å². The summed E-state index contributed by atoms with van der Waals surface area (Å²) in [5.41, 5.74) is 4.67. The Labute approximate surface area is 223 Å². The van der Waals surface area contributed by atoms with E-state index in [-0.39, 0.29) is 36.6 Å². The molecule has 5 nitrogen and oxygen atoms in total. The van der Waals surface area contributed by atoms with Gasteiger partial charge in [0.05, 0.1) is 5.69 Å². The van der Waals surface area contributed by atoms with Crippen LogP contribution in [-0.4, -0.2) is 21.8 Å². The van der Waals surface area contributed by atoms with Crippen molar-refractivity contribution in [1.82, 2.24) is 4.98 Å². The first-order valence-corrected chi connectivity index (χ1v) is 12.3. The Hall–Kier alpha value is -3.74. The fraction of sp³-hybridized carbons (Fsp3) is 0.138. The van der Waals surface area contributed by atoms with Crippen LogP contribution in [0.2, 0.25) is 10.0 Å². The molecule has 0 saturated heterocycles. The quantitative estimate of drug-likeness (QED) is 0.201. The number of benzene rings is 3. The number of hydrogen-bond acceptors (Lipinski definition) is 4. The first-order chi connectivity index (χ1) is 17.8. The van der Waals surface area contributed by atoms with Crippen LogP contribution in [0, 0.1) is 5.82 Å². The van der Waals surface area contributed by atoms with Crippen LogP contribution >= 0.6 is 23.2 Å². The highest BCUT2D eigenvalue weighted by atomic mass is 35.5. The predicted molar refractivity (Wildman–Crippen MR) is 145 cm³/mol. The van der Waals surface area contributed by atoms with Gasteiger partial charge in [-0.25, -0.2) is 4.39 Å². The minimum atomic E-state index is -0.935. The van der Waals surface area contributed by atoms with Gasteiger partial charge in [0.2, 0.25) is 0 Å². The van der Waals surface area contributed by atoms with Crippen molar-refractivity contribution in [3.05, 3.63) is 106 Å². The lowest BCUT2D eigenvalue weighted by atomic mass is 10.00. The fourth-order valence-corrected chi connectivity index (χ4v) is 4.19. The number of carboxylic acids is 1. The molecule has 4 rings (SSSR count). The number of Topliss-reactive ketones (excluding diaryl/α,β-unsaturated/α-hetero) is 1. The van der Waals surface area contributed by atoms with Crippen LogP contribution < -0.4 is 5.32 Å². The third kappa shape index (κ3) is 6.94. The lowest BCUT2D eigenvalue weighted by Gasteiger charge is -2.14. The topological polar surface area (TPSA) is 79.3 Å². The molecule has 0 spiro atoms. The lowest BCUT2D eigenvalue weighted by molar-refractivity contribution is -0.137. The highest BCUT2D eigenvalue weighted by molar-refractivity contribution is 6.31. The first-order valence-electron chi connectivity index (χ1n) is 11.6. The number of hydrogen-bond donors (Lipinski definition) is 2. The lowest BCUT2D eigenvalue weighted by Crippen LogP contribution is -2.05. The number of pyridine rings is 1. The SMILES string of the molecule is O=C(O)CCCC(=O)c1ccc(-c2cc(Cl)ccc2CNc2ccc(-c3ccc(Cl)cc3)cc2F)cn1. The van der Waals surface area contributed by atoms with Gasteiger partial charge in [0.25, 0.3) is 0 Å². The summed E-state index contributed by atoms with van der Waals surface area (Å²) in [5, 5.41) is 13.0. The molecule has 4 aromatic rings. The molecule has 0 aliphatic carbocycles. The maximum atomic E-state index is 14.9. The van der Waals surface area contributed by atoms with E-state index in [2.05, 4.69) is 10.3 Å². The normalized spacial score (nSPS) is 10.8. The van der Waals surface area contributed by atoms with E-state index in [1.165, 1.54) is 6.07 Å². The number of carbonyl (C=O) groups is 2. The first kappa shape index (κ1) is 26.3. The number of halogens is 3. The smallest absolute Gasteiger partial charge is 0.303 e.